The highest BCUT2D eigenvalue weighted by atomic mass is 16.1. The quantitative estimate of drug-likeness (QED) is 0.841. The Morgan fingerprint density at radius 1 is 1.56 bits per heavy atom. The average Bonchev–Trinajstić information content (AvgIpc) is 2.84. The normalized spacial score (nSPS) is 22.4. The van der Waals surface area contributed by atoms with Crippen LogP contribution < -0.4 is 11.0 Å². The second kappa shape index (κ2) is 3.83. The van der Waals surface area contributed by atoms with E-state index in [1.54, 1.807) is 6.07 Å². The number of nitrogens with zero attached hydrogens (tertiary/aromatic N) is 3. The highest BCUT2D eigenvalue weighted by Crippen LogP contribution is 2.38. The molecule has 0 radical (unpaired) electrons. The van der Waals surface area contributed by atoms with Gasteiger partial charge in [0, 0.05) is 12.1 Å². The molecule has 96 valence electrons. The van der Waals surface area contributed by atoms with Crippen LogP contribution in [0.1, 0.15) is 33.1 Å². The highest BCUT2D eigenvalue weighted by Gasteiger charge is 2.34. The first-order valence-electron chi connectivity index (χ1n) is 6.26. The Morgan fingerprint density at radius 3 is 3.11 bits per heavy atom. The summed E-state index contributed by atoms with van der Waals surface area (Å²) in [7, 11) is 0. The first-order valence-corrected chi connectivity index (χ1v) is 6.26. The smallest absolute Gasteiger partial charge is 0.348 e. The Hall–Kier alpha value is -1.85. The molecular formula is C12H17N5O. The minimum absolute atomic E-state index is 0.259. The van der Waals surface area contributed by atoms with Crippen LogP contribution in [0.5, 0.6) is 0 Å². The van der Waals surface area contributed by atoms with E-state index in [2.05, 4.69) is 34.3 Å². The van der Waals surface area contributed by atoms with Gasteiger partial charge in [0.15, 0.2) is 5.65 Å². The Kier molecular flexibility index (Phi) is 2.39. The van der Waals surface area contributed by atoms with E-state index in [4.69, 9.17) is 0 Å². The average molecular weight is 247 g/mol. The van der Waals surface area contributed by atoms with Crippen molar-refractivity contribution < 1.29 is 0 Å². The molecule has 2 N–H and O–H groups in total. The predicted molar refractivity (Wildman–Crippen MR) is 68.7 cm³/mol. The van der Waals surface area contributed by atoms with E-state index < -0.39 is 0 Å². The molecule has 0 aromatic carbocycles. The van der Waals surface area contributed by atoms with Crippen LogP contribution in [0.25, 0.3) is 5.65 Å². The number of fused-ring (bicyclic) bond motifs is 1. The van der Waals surface area contributed by atoms with E-state index in [0.29, 0.717) is 17.1 Å². The molecular weight excluding hydrogens is 230 g/mol. The molecule has 1 fully saturated rings. The van der Waals surface area contributed by atoms with E-state index in [0.717, 1.165) is 12.2 Å². The van der Waals surface area contributed by atoms with Crippen LogP contribution >= 0.6 is 0 Å². The lowest BCUT2D eigenvalue weighted by Crippen LogP contribution is -2.31. The van der Waals surface area contributed by atoms with Gasteiger partial charge in [0.05, 0.1) is 0 Å². The molecule has 1 aliphatic carbocycles. The summed E-state index contributed by atoms with van der Waals surface area (Å²) >= 11 is 0. The van der Waals surface area contributed by atoms with E-state index in [9.17, 15) is 4.79 Å². The van der Waals surface area contributed by atoms with E-state index in [1.165, 1.54) is 23.6 Å². The number of H-pyrrole nitrogens is 1. The van der Waals surface area contributed by atoms with Gasteiger partial charge in [0.2, 0.25) is 0 Å². The van der Waals surface area contributed by atoms with Crippen molar-refractivity contribution in [1.29, 1.82) is 0 Å². The zero-order chi connectivity index (χ0) is 12.8. The summed E-state index contributed by atoms with van der Waals surface area (Å²) in [6.45, 7) is 4.55. The van der Waals surface area contributed by atoms with Crippen molar-refractivity contribution >= 4 is 11.5 Å². The minimum Gasteiger partial charge on any atom is -0.367 e. The molecule has 3 rings (SSSR count). The Bertz CT molecular complexity index is 627. The molecule has 6 heteroatoms. The van der Waals surface area contributed by atoms with Crippen LogP contribution in [0.4, 0.5) is 5.82 Å². The van der Waals surface area contributed by atoms with Crippen molar-refractivity contribution in [3.8, 4) is 0 Å². The predicted octanol–water partition coefficient (Wildman–Crippen LogP) is 1.41. The number of rotatable bonds is 2. The molecule has 1 unspecified atom stereocenters. The topological polar surface area (TPSA) is 75.1 Å². The summed E-state index contributed by atoms with van der Waals surface area (Å²) < 4.78 is 1.39. The Labute approximate surface area is 104 Å². The molecule has 6 nitrogen and oxygen atoms in total. The number of nitrogens with one attached hydrogen (secondary N) is 2. The molecule has 0 bridgehead atoms. The third-order valence-corrected chi connectivity index (χ3v) is 3.89. The van der Waals surface area contributed by atoms with Gasteiger partial charge in [0.1, 0.15) is 12.1 Å². The van der Waals surface area contributed by atoms with Crippen molar-refractivity contribution in [2.75, 3.05) is 5.32 Å². The number of aromatic nitrogens is 4. The third kappa shape index (κ3) is 1.77. The van der Waals surface area contributed by atoms with Crippen molar-refractivity contribution in [2.45, 2.75) is 39.2 Å². The summed E-state index contributed by atoms with van der Waals surface area (Å²) in [5.41, 5.74) is 0.623. The fraction of sp³-hybridized carbons (Fsp3) is 0.583. The number of hydrogen-bond acceptors (Lipinski definition) is 4. The van der Waals surface area contributed by atoms with Crippen molar-refractivity contribution in [2.24, 2.45) is 5.41 Å². The second-order valence-electron chi connectivity index (χ2n) is 5.61. The standard InChI is InChI=1S/C12H17N5O/c1-12(2)5-3-4-8(12)14-9-6-10-15-16-11(18)17(10)7-13-9/h6-8,14H,3-5H2,1-2H3,(H,16,18). The molecule has 2 heterocycles. The van der Waals surface area contributed by atoms with Crippen LogP contribution in [-0.2, 0) is 0 Å². The lowest BCUT2D eigenvalue weighted by Gasteiger charge is -2.28. The summed E-state index contributed by atoms with van der Waals surface area (Å²) in [4.78, 5) is 15.6. The second-order valence-corrected chi connectivity index (χ2v) is 5.61. The fourth-order valence-electron chi connectivity index (χ4n) is 2.66. The van der Waals surface area contributed by atoms with Gasteiger partial charge in [-0.05, 0) is 18.3 Å². The molecule has 1 atom stereocenters. The third-order valence-electron chi connectivity index (χ3n) is 3.89. The molecule has 1 saturated carbocycles. The lowest BCUT2D eigenvalue weighted by molar-refractivity contribution is 0.349. The molecule has 0 amide bonds. The summed E-state index contributed by atoms with van der Waals surface area (Å²) in [6.07, 6.45) is 5.14. The lowest BCUT2D eigenvalue weighted by atomic mass is 9.87. The van der Waals surface area contributed by atoms with Crippen molar-refractivity contribution in [3.63, 3.8) is 0 Å². The minimum atomic E-state index is -0.259. The van der Waals surface area contributed by atoms with Crippen molar-refractivity contribution in [1.82, 2.24) is 19.6 Å². The van der Waals surface area contributed by atoms with Gasteiger partial charge < -0.3 is 5.32 Å². The molecule has 18 heavy (non-hydrogen) atoms. The van der Waals surface area contributed by atoms with E-state index in [1.807, 2.05) is 0 Å². The van der Waals surface area contributed by atoms with Gasteiger partial charge in [-0.1, -0.05) is 20.3 Å². The van der Waals surface area contributed by atoms with Crippen molar-refractivity contribution in [3.05, 3.63) is 22.9 Å². The van der Waals surface area contributed by atoms with Gasteiger partial charge in [-0.25, -0.2) is 19.3 Å². The van der Waals surface area contributed by atoms with Crippen LogP contribution in [0, 0.1) is 5.41 Å². The largest absolute Gasteiger partial charge is 0.367 e. The fourth-order valence-corrected chi connectivity index (χ4v) is 2.66. The van der Waals surface area contributed by atoms with Gasteiger partial charge in [-0.2, -0.15) is 5.10 Å². The molecule has 2 aromatic rings. The van der Waals surface area contributed by atoms with Crippen LogP contribution in [0.15, 0.2) is 17.2 Å². The maximum Gasteiger partial charge on any atom is 0.348 e. The summed E-state index contributed by atoms with van der Waals surface area (Å²) in [5, 5.41) is 9.79. The van der Waals surface area contributed by atoms with Gasteiger partial charge in [-0.15, -0.1) is 0 Å². The van der Waals surface area contributed by atoms with Gasteiger partial charge in [-0.3, -0.25) is 0 Å². The van der Waals surface area contributed by atoms with Gasteiger partial charge in [0.25, 0.3) is 0 Å². The first-order chi connectivity index (χ1) is 8.56. The van der Waals surface area contributed by atoms with Crippen LogP contribution in [0.3, 0.4) is 0 Å². The maximum absolute atomic E-state index is 11.3. The number of hydrogen-bond donors (Lipinski definition) is 2. The monoisotopic (exact) mass is 247 g/mol. The first kappa shape index (κ1) is 11.3. The zero-order valence-electron chi connectivity index (χ0n) is 10.6. The van der Waals surface area contributed by atoms with Crippen LogP contribution in [-0.4, -0.2) is 25.6 Å². The number of anilines is 1. The molecule has 0 aliphatic heterocycles. The highest BCUT2D eigenvalue weighted by molar-refractivity contribution is 5.49. The molecule has 0 saturated heterocycles. The Balaban J connectivity index is 1.89. The zero-order valence-corrected chi connectivity index (χ0v) is 10.6. The molecule has 2 aromatic heterocycles. The summed E-state index contributed by atoms with van der Waals surface area (Å²) in [5.74, 6) is 0.779. The molecule has 1 aliphatic rings. The SMILES string of the molecule is CC1(C)CCCC1Nc1cc2n[nH]c(=O)n2cn1. The summed E-state index contributed by atoms with van der Waals surface area (Å²) in [6, 6.07) is 2.23. The number of aromatic amines is 1. The van der Waals surface area contributed by atoms with E-state index in [-0.39, 0.29) is 5.69 Å². The maximum atomic E-state index is 11.3. The molecule has 0 spiro atoms. The van der Waals surface area contributed by atoms with E-state index >= 15 is 0 Å². The Morgan fingerprint density at radius 2 is 2.39 bits per heavy atom. The van der Waals surface area contributed by atoms with Gasteiger partial charge >= 0.3 is 5.69 Å². The van der Waals surface area contributed by atoms with Crippen LogP contribution in [0.2, 0.25) is 0 Å².